The van der Waals surface area contributed by atoms with Crippen LogP contribution in [0.4, 0.5) is 17.1 Å². The third-order valence-corrected chi connectivity index (χ3v) is 9.64. The number of hydrogen-bond donors (Lipinski definition) is 0. The first-order chi connectivity index (χ1) is 22.3. The maximum absolute atomic E-state index is 6.84. The second kappa shape index (κ2) is 8.42. The van der Waals surface area contributed by atoms with Crippen molar-refractivity contribution in [1.82, 2.24) is 0 Å². The molecule has 1 aromatic heterocycles. The molecule has 0 unspecified atom stereocenters. The van der Waals surface area contributed by atoms with Gasteiger partial charge in [-0.25, -0.2) is 0 Å². The molecule has 208 valence electrons. The van der Waals surface area contributed by atoms with Crippen LogP contribution >= 0.6 is 0 Å². The van der Waals surface area contributed by atoms with Crippen LogP contribution < -0.4 is 52.1 Å². The summed E-state index contributed by atoms with van der Waals surface area (Å²) in [4.78, 5) is 2.32. The number of rotatable bonds is 1. The highest BCUT2D eigenvalue weighted by Gasteiger charge is 2.47. The molecule has 6 aromatic carbocycles. The molecule has 0 amide bonds. The van der Waals surface area contributed by atoms with Crippen molar-refractivity contribution in [3.05, 3.63) is 127 Å². The van der Waals surface area contributed by atoms with Crippen LogP contribution in [0, 0.1) is 0 Å². The summed E-state index contributed by atoms with van der Waals surface area (Å²) in [5.41, 5.74) is 10.5. The standard InChI is InChI=1S/C38H21B2NO4/c1-2-10-22(11-3-1)41-27-14-8-17-30-35(27)40(38-37(41)23-12-4-6-15-28(23)45-38)26-20-25-33(21-34(26)43-30)44-32-19-9-18-31-36(32)39(25)24-13-5-7-16-29(24)42-31/h1-21H. The highest BCUT2D eigenvalue weighted by atomic mass is 16.5. The summed E-state index contributed by atoms with van der Waals surface area (Å²) in [6, 6.07) is 43.8. The second-order valence-corrected chi connectivity index (χ2v) is 12.0. The van der Waals surface area contributed by atoms with Gasteiger partial charge in [-0.2, -0.15) is 0 Å². The first kappa shape index (κ1) is 23.6. The van der Waals surface area contributed by atoms with Gasteiger partial charge in [-0.3, -0.25) is 0 Å². The number of nitrogens with zero attached hydrogens (tertiary/aromatic N) is 1. The van der Waals surface area contributed by atoms with Gasteiger partial charge in [0.15, 0.2) is 0 Å². The van der Waals surface area contributed by atoms with Gasteiger partial charge in [0.25, 0.3) is 6.71 Å². The van der Waals surface area contributed by atoms with Crippen LogP contribution in [0.2, 0.25) is 0 Å². The molecule has 0 saturated carbocycles. The summed E-state index contributed by atoms with van der Waals surface area (Å²) >= 11 is 0. The number of ether oxygens (including phenoxy) is 3. The van der Waals surface area contributed by atoms with Crippen LogP contribution in [0.25, 0.3) is 11.0 Å². The lowest BCUT2D eigenvalue weighted by Gasteiger charge is -2.38. The van der Waals surface area contributed by atoms with Gasteiger partial charge < -0.3 is 23.5 Å². The zero-order valence-corrected chi connectivity index (χ0v) is 23.9. The summed E-state index contributed by atoms with van der Waals surface area (Å²) in [6.45, 7) is -0.203. The lowest BCUT2D eigenvalue weighted by Crippen LogP contribution is -2.62. The van der Waals surface area contributed by atoms with Gasteiger partial charge in [-0.05, 0) is 71.0 Å². The zero-order valence-electron chi connectivity index (χ0n) is 23.9. The number of hydrogen-bond acceptors (Lipinski definition) is 5. The summed E-state index contributed by atoms with van der Waals surface area (Å²) in [7, 11) is 0. The molecule has 7 aromatic rings. The van der Waals surface area contributed by atoms with E-state index in [9.17, 15) is 0 Å². The van der Waals surface area contributed by atoms with E-state index in [1.165, 1.54) is 0 Å². The van der Waals surface area contributed by atoms with Gasteiger partial charge in [0.1, 0.15) is 40.1 Å². The van der Waals surface area contributed by atoms with E-state index in [1.807, 2.05) is 42.5 Å². The van der Waals surface area contributed by atoms with Crippen LogP contribution in [-0.2, 0) is 0 Å². The van der Waals surface area contributed by atoms with Crippen LogP contribution in [0.1, 0.15) is 0 Å². The normalized spacial score (nSPS) is 14.2. The number of furan rings is 1. The molecule has 5 heterocycles. The molecule has 7 heteroatoms. The SMILES string of the molecule is c1ccc(N2c3cccc4c3B(c3cc5c(cc3O4)Oc3cccc4c3B5c3ccccc3O4)c3oc4ccccc4c32)cc1. The topological polar surface area (TPSA) is 44.1 Å². The lowest BCUT2D eigenvalue weighted by molar-refractivity contribution is 0.456. The molecule has 4 aliphatic heterocycles. The van der Waals surface area contributed by atoms with Crippen molar-refractivity contribution in [2.75, 3.05) is 4.90 Å². The Balaban J connectivity index is 1.20. The quantitative estimate of drug-likeness (QED) is 0.239. The van der Waals surface area contributed by atoms with Crippen LogP contribution in [-0.4, -0.2) is 13.4 Å². The Morgan fingerprint density at radius 2 is 1.11 bits per heavy atom. The Morgan fingerprint density at radius 3 is 1.96 bits per heavy atom. The molecule has 5 nitrogen and oxygen atoms in total. The van der Waals surface area contributed by atoms with Gasteiger partial charge in [0, 0.05) is 33.8 Å². The molecule has 11 rings (SSSR count). The molecular formula is C38H21B2NO4. The molecule has 0 fully saturated rings. The number of fused-ring (bicyclic) bond motifs is 10. The monoisotopic (exact) mass is 577 g/mol. The summed E-state index contributed by atoms with van der Waals surface area (Å²) in [5, 5.41) is 1.08. The van der Waals surface area contributed by atoms with E-state index in [0.29, 0.717) is 0 Å². The third kappa shape index (κ3) is 3.04. The molecule has 0 N–H and O–H groups in total. The lowest BCUT2D eigenvalue weighted by atomic mass is 9.32. The van der Waals surface area contributed by atoms with E-state index in [2.05, 4.69) is 89.8 Å². The first-order valence-electron chi connectivity index (χ1n) is 15.2. The van der Waals surface area contributed by atoms with E-state index in [0.717, 1.165) is 95.5 Å². The van der Waals surface area contributed by atoms with Crippen molar-refractivity contribution in [1.29, 1.82) is 0 Å². The highest BCUT2D eigenvalue weighted by Crippen LogP contribution is 2.45. The fourth-order valence-electron chi connectivity index (χ4n) is 7.83. The van der Waals surface area contributed by atoms with Gasteiger partial charge in [-0.15, -0.1) is 0 Å². The highest BCUT2D eigenvalue weighted by molar-refractivity contribution is 7.01. The van der Waals surface area contributed by atoms with E-state index >= 15 is 0 Å². The molecule has 4 aliphatic rings. The van der Waals surface area contributed by atoms with Gasteiger partial charge in [0.2, 0.25) is 0 Å². The summed E-state index contributed by atoms with van der Waals surface area (Å²) in [6.07, 6.45) is 0. The van der Waals surface area contributed by atoms with Gasteiger partial charge in [-0.1, -0.05) is 66.7 Å². The van der Waals surface area contributed by atoms with Crippen molar-refractivity contribution in [2.24, 2.45) is 0 Å². The second-order valence-electron chi connectivity index (χ2n) is 12.0. The van der Waals surface area contributed by atoms with Crippen molar-refractivity contribution in [3.63, 3.8) is 0 Å². The minimum Gasteiger partial charge on any atom is -0.468 e. The van der Waals surface area contributed by atoms with E-state index in [-0.39, 0.29) is 13.4 Å². The van der Waals surface area contributed by atoms with Crippen LogP contribution in [0.15, 0.2) is 132 Å². The maximum atomic E-state index is 6.84. The molecule has 0 spiro atoms. The average molecular weight is 577 g/mol. The van der Waals surface area contributed by atoms with Gasteiger partial charge >= 0.3 is 6.71 Å². The molecule has 45 heavy (non-hydrogen) atoms. The molecule has 0 atom stereocenters. The first-order valence-corrected chi connectivity index (χ1v) is 15.2. The molecule has 0 bridgehead atoms. The van der Waals surface area contributed by atoms with Crippen LogP contribution in [0.3, 0.4) is 0 Å². The Bertz CT molecular complexity index is 2400. The van der Waals surface area contributed by atoms with E-state index in [4.69, 9.17) is 18.6 Å². The average Bonchev–Trinajstić information content (AvgIpc) is 3.47. The van der Waals surface area contributed by atoms with Gasteiger partial charge in [0.05, 0.1) is 11.3 Å². The van der Waals surface area contributed by atoms with E-state index < -0.39 is 0 Å². The Kier molecular flexibility index (Phi) is 4.42. The maximum Gasteiger partial charge on any atom is 0.301 e. The smallest absolute Gasteiger partial charge is 0.301 e. The molecular weight excluding hydrogens is 556 g/mol. The minimum absolute atomic E-state index is 0.0357. The van der Waals surface area contributed by atoms with Crippen LogP contribution in [0.5, 0.6) is 34.5 Å². The molecule has 0 aliphatic carbocycles. The largest absolute Gasteiger partial charge is 0.468 e. The number of benzene rings is 6. The molecule has 0 radical (unpaired) electrons. The Hall–Kier alpha value is -5.81. The van der Waals surface area contributed by atoms with Crippen molar-refractivity contribution in [2.45, 2.75) is 0 Å². The molecule has 0 saturated heterocycles. The fraction of sp³-hybridized carbons (Fsp3) is 0. The Morgan fingerprint density at radius 1 is 0.467 bits per heavy atom. The van der Waals surface area contributed by atoms with Crippen molar-refractivity contribution < 1.29 is 18.6 Å². The predicted octanol–water partition coefficient (Wildman–Crippen LogP) is 5.57. The van der Waals surface area contributed by atoms with E-state index in [1.54, 1.807) is 0 Å². The fourth-order valence-corrected chi connectivity index (χ4v) is 7.83. The summed E-state index contributed by atoms with van der Waals surface area (Å²) in [5.74, 6) is 4.92. The van der Waals surface area contributed by atoms with Crippen molar-refractivity contribution >= 4 is 74.4 Å². The summed E-state index contributed by atoms with van der Waals surface area (Å²) < 4.78 is 26.6. The number of anilines is 3. The van der Waals surface area contributed by atoms with Crippen molar-refractivity contribution in [3.8, 4) is 34.5 Å². The predicted molar refractivity (Wildman–Crippen MR) is 180 cm³/mol. The third-order valence-electron chi connectivity index (χ3n) is 9.64. The minimum atomic E-state index is -0.167. The zero-order chi connectivity index (χ0) is 29.2. The number of para-hydroxylation sites is 3. The Labute approximate surface area is 259 Å².